The van der Waals surface area contributed by atoms with Gasteiger partial charge in [0.2, 0.25) is 0 Å². The van der Waals surface area contributed by atoms with Gasteiger partial charge in [-0.15, -0.1) is 5.10 Å². The molecule has 2 aromatic rings. The molecule has 112 valence electrons. The minimum Gasteiger partial charge on any atom is -0.476 e. The summed E-state index contributed by atoms with van der Waals surface area (Å²) in [6.45, 7) is 0.818. The van der Waals surface area contributed by atoms with Crippen LogP contribution in [0.3, 0.4) is 0 Å². The maximum absolute atomic E-state index is 11.5. The molecule has 3 N–H and O–H groups in total. The van der Waals surface area contributed by atoms with Crippen molar-refractivity contribution in [1.29, 1.82) is 0 Å². The molecule has 0 aromatic carbocycles. The van der Waals surface area contributed by atoms with Crippen molar-refractivity contribution in [1.82, 2.24) is 40.4 Å². The van der Waals surface area contributed by atoms with Crippen molar-refractivity contribution in [2.45, 2.75) is 13.1 Å². The molecule has 11 heteroatoms. The standard InChI is InChI=1S/C10H14N8O3/c1-17-6-13-8(15-17)4-12-10(21)11-2-3-18-5-7(9(19)20)14-16-18/h5-6H,2-4H2,1H3,(H,19,20)(H2,11,12,21). The fourth-order valence-corrected chi connectivity index (χ4v) is 1.48. The van der Waals surface area contributed by atoms with Crippen LogP contribution in [0.25, 0.3) is 0 Å². The zero-order valence-electron chi connectivity index (χ0n) is 11.2. The van der Waals surface area contributed by atoms with Crippen molar-refractivity contribution < 1.29 is 14.7 Å². The van der Waals surface area contributed by atoms with Crippen LogP contribution in [0.1, 0.15) is 16.3 Å². The molecule has 0 saturated heterocycles. The van der Waals surface area contributed by atoms with Crippen LogP contribution in [0.15, 0.2) is 12.5 Å². The topological polar surface area (TPSA) is 140 Å². The van der Waals surface area contributed by atoms with E-state index in [9.17, 15) is 9.59 Å². The van der Waals surface area contributed by atoms with Crippen molar-refractivity contribution >= 4 is 12.0 Å². The maximum Gasteiger partial charge on any atom is 0.358 e. The fraction of sp³-hybridized carbons (Fsp3) is 0.400. The Bertz CT molecular complexity index is 634. The molecule has 0 fully saturated rings. The summed E-state index contributed by atoms with van der Waals surface area (Å²) in [4.78, 5) is 26.1. The smallest absolute Gasteiger partial charge is 0.358 e. The molecule has 0 atom stereocenters. The van der Waals surface area contributed by atoms with Crippen molar-refractivity contribution in [3.8, 4) is 0 Å². The number of nitrogens with one attached hydrogen (secondary N) is 2. The van der Waals surface area contributed by atoms with E-state index in [4.69, 9.17) is 5.11 Å². The molecular weight excluding hydrogens is 280 g/mol. The summed E-state index contributed by atoms with van der Waals surface area (Å²) in [6, 6.07) is -0.374. The number of carbonyl (C=O) groups excluding carboxylic acids is 1. The minimum atomic E-state index is -1.14. The van der Waals surface area contributed by atoms with Gasteiger partial charge in [-0.3, -0.25) is 4.68 Å². The Labute approximate surface area is 119 Å². The van der Waals surface area contributed by atoms with E-state index in [1.165, 1.54) is 10.9 Å². The van der Waals surface area contributed by atoms with Crippen LogP contribution < -0.4 is 10.6 Å². The number of carbonyl (C=O) groups is 2. The Morgan fingerprint density at radius 1 is 1.38 bits per heavy atom. The van der Waals surface area contributed by atoms with Gasteiger partial charge in [0.25, 0.3) is 0 Å². The summed E-state index contributed by atoms with van der Waals surface area (Å²) >= 11 is 0. The SMILES string of the molecule is Cn1cnc(CNC(=O)NCCn2cc(C(=O)O)nn2)n1. The second-order valence-corrected chi connectivity index (χ2v) is 4.12. The number of aromatic carboxylic acids is 1. The molecule has 2 rings (SSSR count). The lowest BCUT2D eigenvalue weighted by molar-refractivity contribution is 0.0690. The number of aryl methyl sites for hydroxylation is 1. The van der Waals surface area contributed by atoms with Gasteiger partial charge in [-0.2, -0.15) is 5.10 Å². The van der Waals surface area contributed by atoms with E-state index < -0.39 is 5.97 Å². The van der Waals surface area contributed by atoms with E-state index in [1.54, 1.807) is 18.1 Å². The Morgan fingerprint density at radius 2 is 2.19 bits per heavy atom. The fourth-order valence-electron chi connectivity index (χ4n) is 1.48. The first-order chi connectivity index (χ1) is 10.0. The molecule has 0 spiro atoms. The number of hydrogen-bond acceptors (Lipinski definition) is 6. The molecule has 0 aliphatic carbocycles. The number of carboxylic acids is 1. The Hall–Kier alpha value is -2.98. The molecule has 0 bridgehead atoms. The average molecular weight is 294 g/mol. The minimum absolute atomic E-state index is 0.138. The summed E-state index contributed by atoms with van der Waals surface area (Å²) in [5.74, 6) is -0.634. The monoisotopic (exact) mass is 294 g/mol. The van der Waals surface area contributed by atoms with Crippen LogP contribution in [0, 0.1) is 0 Å². The van der Waals surface area contributed by atoms with Crippen molar-refractivity contribution in [2.75, 3.05) is 6.54 Å². The van der Waals surface area contributed by atoms with Gasteiger partial charge in [0.1, 0.15) is 6.33 Å². The lowest BCUT2D eigenvalue weighted by Crippen LogP contribution is -2.37. The first-order valence-corrected chi connectivity index (χ1v) is 6.04. The first kappa shape index (κ1) is 14.4. The zero-order valence-corrected chi connectivity index (χ0v) is 11.2. The molecule has 2 aromatic heterocycles. The predicted molar refractivity (Wildman–Crippen MR) is 68.2 cm³/mol. The number of nitrogens with zero attached hydrogens (tertiary/aromatic N) is 6. The third-order valence-corrected chi connectivity index (χ3v) is 2.44. The third-order valence-electron chi connectivity index (χ3n) is 2.44. The number of amides is 2. The van der Waals surface area contributed by atoms with E-state index in [1.807, 2.05) is 0 Å². The Morgan fingerprint density at radius 3 is 2.81 bits per heavy atom. The van der Waals surface area contributed by atoms with E-state index in [0.717, 1.165) is 0 Å². The lowest BCUT2D eigenvalue weighted by Gasteiger charge is -2.05. The van der Waals surface area contributed by atoms with Gasteiger partial charge < -0.3 is 15.7 Å². The van der Waals surface area contributed by atoms with Crippen LogP contribution in [-0.2, 0) is 20.1 Å². The molecule has 0 unspecified atom stereocenters. The van der Waals surface area contributed by atoms with Crippen LogP contribution in [0.5, 0.6) is 0 Å². The molecule has 21 heavy (non-hydrogen) atoms. The Balaban J connectivity index is 1.67. The van der Waals surface area contributed by atoms with Gasteiger partial charge >= 0.3 is 12.0 Å². The molecule has 11 nitrogen and oxygen atoms in total. The lowest BCUT2D eigenvalue weighted by atomic mass is 10.5. The highest BCUT2D eigenvalue weighted by molar-refractivity contribution is 5.84. The molecule has 0 aliphatic heterocycles. The molecule has 0 radical (unpaired) electrons. The van der Waals surface area contributed by atoms with Crippen LogP contribution in [0.2, 0.25) is 0 Å². The average Bonchev–Trinajstić information content (AvgIpc) is 3.05. The van der Waals surface area contributed by atoms with E-state index in [-0.39, 0.29) is 24.8 Å². The van der Waals surface area contributed by atoms with Crippen LogP contribution in [0.4, 0.5) is 4.79 Å². The van der Waals surface area contributed by atoms with Gasteiger partial charge in [-0.05, 0) is 0 Å². The van der Waals surface area contributed by atoms with Crippen molar-refractivity contribution in [3.63, 3.8) is 0 Å². The highest BCUT2D eigenvalue weighted by atomic mass is 16.4. The Kier molecular flexibility index (Phi) is 4.43. The first-order valence-electron chi connectivity index (χ1n) is 6.04. The number of aromatic nitrogens is 6. The van der Waals surface area contributed by atoms with E-state index in [0.29, 0.717) is 12.4 Å². The second-order valence-electron chi connectivity index (χ2n) is 4.12. The predicted octanol–water partition coefficient (Wildman–Crippen LogP) is -1.40. The molecule has 0 aliphatic rings. The van der Waals surface area contributed by atoms with Gasteiger partial charge in [0.15, 0.2) is 11.5 Å². The van der Waals surface area contributed by atoms with E-state index >= 15 is 0 Å². The zero-order chi connectivity index (χ0) is 15.2. The van der Waals surface area contributed by atoms with Gasteiger partial charge in [-0.25, -0.2) is 19.3 Å². The van der Waals surface area contributed by atoms with E-state index in [2.05, 4.69) is 31.0 Å². The number of carboxylic acid groups (broad SMARTS) is 1. The molecule has 2 amide bonds. The largest absolute Gasteiger partial charge is 0.476 e. The quantitative estimate of drug-likeness (QED) is 0.595. The second kappa shape index (κ2) is 6.45. The molecule has 0 saturated carbocycles. The summed E-state index contributed by atoms with van der Waals surface area (Å²) in [6.07, 6.45) is 2.83. The number of urea groups is 1. The third kappa shape index (κ3) is 4.26. The summed E-state index contributed by atoms with van der Waals surface area (Å²) < 4.78 is 2.88. The van der Waals surface area contributed by atoms with Gasteiger partial charge in [0.05, 0.1) is 19.3 Å². The van der Waals surface area contributed by atoms with Crippen LogP contribution >= 0.6 is 0 Å². The molecular formula is C10H14N8O3. The maximum atomic E-state index is 11.5. The van der Waals surface area contributed by atoms with Crippen molar-refractivity contribution in [3.05, 3.63) is 24.0 Å². The highest BCUT2D eigenvalue weighted by Crippen LogP contribution is 1.92. The van der Waals surface area contributed by atoms with Gasteiger partial charge in [-0.1, -0.05) is 5.21 Å². The van der Waals surface area contributed by atoms with Crippen LogP contribution in [-0.4, -0.2) is 53.4 Å². The number of rotatable bonds is 6. The molecule has 2 heterocycles. The summed E-state index contributed by atoms with van der Waals surface area (Å²) in [5, 5.41) is 25.0. The van der Waals surface area contributed by atoms with Gasteiger partial charge in [0, 0.05) is 13.6 Å². The van der Waals surface area contributed by atoms with Crippen molar-refractivity contribution in [2.24, 2.45) is 7.05 Å². The highest BCUT2D eigenvalue weighted by Gasteiger charge is 2.08. The normalized spacial score (nSPS) is 10.3. The summed E-state index contributed by atoms with van der Waals surface area (Å²) in [5.41, 5.74) is -0.138. The number of hydrogen-bond donors (Lipinski definition) is 3. The summed E-state index contributed by atoms with van der Waals surface area (Å²) in [7, 11) is 1.74.